The van der Waals surface area contributed by atoms with Crippen LogP contribution in [0.5, 0.6) is 0 Å². The SMILES string of the molecule is CCC(c1ccc(C(=O)OC(C)(C)C)cc1-c1ccc(C)cc1C(=O)OCc1ccccc1)c1n[nH]c2cc(C#N)ccc12. The maximum absolute atomic E-state index is 13.6. The van der Waals surface area contributed by atoms with Gasteiger partial charge in [0, 0.05) is 11.3 Å². The summed E-state index contributed by atoms with van der Waals surface area (Å²) in [6.45, 7) is 9.62. The molecule has 0 spiro atoms. The minimum atomic E-state index is -0.672. The number of nitriles is 1. The van der Waals surface area contributed by atoms with Crippen molar-refractivity contribution in [2.75, 3.05) is 0 Å². The van der Waals surface area contributed by atoms with Crippen LogP contribution in [0.4, 0.5) is 0 Å². The molecule has 0 amide bonds. The molecule has 0 aliphatic carbocycles. The third-order valence-electron chi connectivity index (χ3n) is 7.42. The van der Waals surface area contributed by atoms with Gasteiger partial charge in [0.1, 0.15) is 12.2 Å². The van der Waals surface area contributed by atoms with Gasteiger partial charge in [-0.1, -0.05) is 61.0 Å². The van der Waals surface area contributed by atoms with Crippen molar-refractivity contribution in [1.29, 1.82) is 5.26 Å². The number of hydrogen-bond acceptors (Lipinski definition) is 6. The van der Waals surface area contributed by atoms with Crippen molar-refractivity contribution < 1.29 is 19.1 Å². The number of carbonyl (C=O) groups excluding carboxylic acids is 2. The minimum Gasteiger partial charge on any atom is -0.457 e. The van der Waals surface area contributed by atoms with Gasteiger partial charge < -0.3 is 9.47 Å². The van der Waals surface area contributed by atoms with Crippen LogP contribution in [-0.4, -0.2) is 27.7 Å². The molecule has 7 heteroatoms. The molecule has 5 rings (SSSR count). The van der Waals surface area contributed by atoms with Gasteiger partial charge in [-0.15, -0.1) is 0 Å². The Morgan fingerprint density at radius 3 is 2.41 bits per heavy atom. The van der Waals surface area contributed by atoms with Gasteiger partial charge >= 0.3 is 11.9 Å². The number of aromatic amines is 1. The number of ether oxygens (including phenoxy) is 2. The summed E-state index contributed by atoms with van der Waals surface area (Å²) >= 11 is 0. The molecule has 0 saturated heterocycles. The van der Waals surface area contributed by atoms with Crippen LogP contribution in [0.15, 0.2) is 84.9 Å². The molecule has 222 valence electrons. The van der Waals surface area contributed by atoms with E-state index < -0.39 is 17.5 Å². The van der Waals surface area contributed by atoms with Gasteiger partial charge in [-0.3, -0.25) is 5.10 Å². The highest BCUT2D eigenvalue weighted by molar-refractivity contribution is 6.00. The summed E-state index contributed by atoms with van der Waals surface area (Å²) in [7, 11) is 0. The number of carbonyl (C=O) groups is 2. The molecule has 0 radical (unpaired) electrons. The molecule has 1 unspecified atom stereocenters. The zero-order valence-electron chi connectivity index (χ0n) is 25.6. The Morgan fingerprint density at radius 2 is 1.70 bits per heavy atom. The molecule has 1 N–H and O–H groups in total. The number of benzene rings is 4. The number of H-pyrrole nitrogens is 1. The lowest BCUT2D eigenvalue weighted by Gasteiger charge is -2.23. The number of nitrogens with one attached hydrogen (secondary N) is 1. The van der Waals surface area contributed by atoms with Gasteiger partial charge in [-0.05, 0) is 92.8 Å². The first-order chi connectivity index (χ1) is 21.1. The smallest absolute Gasteiger partial charge is 0.339 e. The lowest BCUT2D eigenvalue weighted by atomic mass is 9.83. The Bertz CT molecular complexity index is 1880. The van der Waals surface area contributed by atoms with Crippen LogP contribution >= 0.6 is 0 Å². The molecule has 7 nitrogen and oxygen atoms in total. The van der Waals surface area contributed by atoms with Gasteiger partial charge in [0.15, 0.2) is 0 Å². The molecular weight excluding hydrogens is 550 g/mol. The predicted octanol–water partition coefficient (Wildman–Crippen LogP) is 8.26. The van der Waals surface area contributed by atoms with E-state index in [9.17, 15) is 14.9 Å². The van der Waals surface area contributed by atoms with Crippen LogP contribution in [0.2, 0.25) is 0 Å². The number of hydrogen-bond donors (Lipinski definition) is 1. The van der Waals surface area contributed by atoms with E-state index >= 15 is 0 Å². The number of nitrogens with zero attached hydrogens (tertiary/aromatic N) is 2. The molecule has 44 heavy (non-hydrogen) atoms. The summed E-state index contributed by atoms with van der Waals surface area (Å²) in [5, 5.41) is 18.0. The van der Waals surface area contributed by atoms with Crippen LogP contribution in [0.3, 0.4) is 0 Å². The van der Waals surface area contributed by atoms with E-state index in [4.69, 9.17) is 9.47 Å². The summed E-state index contributed by atoms with van der Waals surface area (Å²) in [6.07, 6.45) is 0.693. The molecule has 0 saturated carbocycles. The van der Waals surface area contributed by atoms with Gasteiger partial charge in [0.05, 0.1) is 34.0 Å². The van der Waals surface area contributed by atoms with E-state index in [0.717, 1.165) is 38.9 Å². The van der Waals surface area contributed by atoms with Crippen LogP contribution in [-0.2, 0) is 16.1 Å². The maximum atomic E-state index is 13.6. The lowest BCUT2D eigenvalue weighted by Crippen LogP contribution is -2.24. The van der Waals surface area contributed by atoms with E-state index in [-0.39, 0.29) is 12.5 Å². The Hall–Kier alpha value is -5.22. The Kier molecular flexibility index (Phi) is 8.64. The third kappa shape index (κ3) is 6.55. The molecule has 0 aliphatic heterocycles. The second kappa shape index (κ2) is 12.6. The summed E-state index contributed by atoms with van der Waals surface area (Å²) in [6, 6.07) is 28.3. The van der Waals surface area contributed by atoms with E-state index in [2.05, 4.69) is 23.2 Å². The highest BCUT2D eigenvalue weighted by atomic mass is 16.6. The van der Waals surface area contributed by atoms with Gasteiger partial charge in [0.2, 0.25) is 0 Å². The van der Waals surface area contributed by atoms with Crippen LogP contribution in [0, 0.1) is 18.3 Å². The van der Waals surface area contributed by atoms with Gasteiger partial charge in [-0.2, -0.15) is 10.4 Å². The third-order valence-corrected chi connectivity index (χ3v) is 7.42. The summed E-state index contributed by atoms with van der Waals surface area (Å²) in [5.74, 6) is -1.09. The molecule has 0 aliphatic rings. The van der Waals surface area contributed by atoms with Crippen molar-refractivity contribution in [1.82, 2.24) is 10.2 Å². The summed E-state index contributed by atoms with van der Waals surface area (Å²) in [5.41, 5.74) is 6.31. The fourth-order valence-corrected chi connectivity index (χ4v) is 5.36. The van der Waals surface area contributed by atoms with Crippen LogP contribution in [0.1, 0.15) is 88.7 Å². The zero-order valence-corrected chi connectivity index (χ0v) is 25.6. The summed E-state index contributed by atoms with van der Waals surface area (Å²) < 4.78 is 11.5. The van der Waals surface area contributed by atoms with Crippen molar-refractivity contribution in [3.05, 3.63) is 124 Å². The molecule has 1 atom stereocenters. The van der Waals surface area contributed by atoms with E-state index in [1.54, 1.807) is 24.3 Å². The fraction of sp³-hybridized carbons (Fsp3) is 0.243. The topological polar surface area (TPSA) is 105 Å². The first-order valence-electron chi connectivity index (χ1n) is 14.7. The molecule has 0 fully saturated rings. The maximum Gasteiger partial charge on any atom is 0.339 e. The summed E-state index contributed by atoms with van der Waals surface area (Å²) in [4.78, 5) is 26.9. The molecule has 4 aromatic carbocycles. The highest BCUT2D eigenvalue weighted by Gasteiger charge is 2.27. The Balaban J connectivity index is 1.65. The van der Waals surface area contributed by atoms with Crippen molar-refractivity contribution in [3.63, 3.8) is 0 Å². The minimum absolute atomic E-state index is 0.138. The van der Waals surface area contributed by atoms with Crippen LogP contribution < -0.4 is 0 Å². The van der Waals surface area contributed by atoms with Gasteiger partial charge in [-0.25, -0.2) is 9.59 Å². The average Bonchev–Trinajstić information content (AvgIpc) is 3.43. The lowest BCUT2D eigenvalue weighted by molar-refractivity contribution is 0.00693. The standard InChI is InChI=1S/C37H35N3O4/c1-6-27(34-30-16-13-25(21-38)19-33(30)39-40-34)28-17-14-26(35(41)44-37(3,4)5)20-31(28)29-15-12-23(2)18-32(29)36(42)43-22-24-10-8-7-9-11-24/h7-20,27H,6,22H2,1-5H3,(H,39,40). The van der Waals surface area contributed by atoms with E-state index in [1.165, 1.54) is 0 Å². The molecule has 0 bridgehead atoms. The Labute approximate surface area is 257 Å². The number of rotatable bonds is 8. The van der Waals surface area contributed by atoms with Gasteiger partial charge in [0.25, 0.3) is 0 Å². The first kappa shape index (κ1) is 30.2. The number of aromatic nitrogens is 2. The zero-order chi connectivity index (χ0) is 31.4. The van der Waals surface area contributed by atoms with E-state index in [0.29, 0.717) is 28.7 Å². The molecule has 1 aromatic heterocycles. The Morgan fingerprint density at radius 1 is 0.932 bits per heavy atom. The highest BCUT2D eigenvalue weighted by Crippen LogP contribution is 2.40. The number of fused-ring (bicyclic) bond motifs is 1. The number of esters is 2. The molecule has 5 aromatic rings. The normalized spacial score (nSPS) is 12.0. The van der Waals surface area contributed by atoms with E-state index in [1.807, 2.05) is 88.4 Å². The van der Waals surface area contributed by atoms with Crippen molar-refractivity contribution >= 4 is 22.8 Å². The quantitative estimate of drug-likeness (QED) is 0.184. The second-order valence-corrected chi connectivity index (χ2v) is 11.9. The monoisotopic (exact) mass is 585 g/mol. The van der Waals surface area contributed by atoms with Crippen molar-refractivity contribution in [3.8, 4) is 17.2 Å². The predicted molar refractivity (Wildman–Crippen MR) is 170 cm³/mol. The van der Waals surface area contributed by atoms with Crippen molar-refractivity contribution in [2.24, 2.45) is 0 Å². The van der Waals surface area contributed by atoms with Crippen LogP contribution in [0.25, 0.3) is 22.0 Å². The number of aryl methyl sites for hydroxylation is 1. The molecule has 1 heterocycles. The average molecular weight is 586 g/mol. The second-order valence-electron chi connectivity index (χ2n) is 11.9. The molecular formula is C37H35N3O4. The first-order valence-corrected chi connectivity index (χ1v) is 14.7. The largest absolute Gasteiger partial charge is 0.457 e. The van der Waals surface area contributed by atoms with Crippen molar-refractivity contribution in [2.45, 2.75) is 59.2 Å². The fourth-order valence-electron chi connectivity index (χ4n) is 5.36.